The van der Waals surface area contributed by atoms with Crippen molar-refractivity contribution in [3.8, 4) is 5.75 Å². The summed E-state index contributed by atoms with van der Waals surface area (Å²) in [6, 6.07) is 24.5. The third-order valence-electron chi connectivity index (χ3n) is 6.15. The predicted molar refractivity (Wildman–Crippen MR) is 152 cm³/mol. The second kappa shape index (κ2) is 11.3. The molecule has 1 aliphatic heterocycles. The molecule has 1 atom stereocenters. The molecule has 0 unspecified atom stereocenters. The smallest absolute Gasteiger partial charge is 0.338 e. The van der Waals surface area contributed by atoms with Crippen LogP contribution in [0, 0.1) is 0 Å². The molecule has 0 N–H and O–H groups in total. The van der Waals surface area contributed by atoms with Crippen molar-refractivity contribution in [1.82, 2.24) is 4.57 Å². The van der Waals surface area contributed by atoms with E-state index in [0.29, 0.717) is 33.0 Å². The number of thiazole rings is 1. The molecule has 192 valence electrons. The van der Waals surface area contributed by atoms with Crippen LogP contribution in [0.2, 0.25) is 0 Å². The number of rotatable bonds is 7. The molecular formula is C30H25BrN2O4S. The highest BCUT2D eigenvalue weighted by atomic mass is 79.9. The van der Waals surface area contributed by atoms with E-state index in [2.05, 4.69) is 20.9 Å². The zero-order valence-corrected chi connectivity index (χ0v) is 23.3. The SMILES string of the molecule is CCOC(=O)C1=C(C)N=c2sc(=Cc3ccccc3OCc3ccccc3)c(=O)n2[C@H]1c1ccc(Br)cc1. The number of para-hydroxylation sites is 1. The number of benzene rings is 3. The number of nitrogens with zero attached hydrogens (tertiary/aromatic N) is 2. The van der Waals surface area contributed by atoms with E-state index >= 15 is 0 Å². The Morgan fingerprint density at radius 1 is 1.05 bits per heavy atom. The molecule has 0 saturated carbocycles. The number of halogens is 1. The average molecular weight is 590 g/mol. The third kappa shape index (κ3) is 5.28. The average Bonchev–Trinajstić information content (AvgIpc) is 3.22. The first kappa shape index (κ1) is 25.9. The lowest BCUT2D eigenvalue weighted by Gasteiger charge is -2.24. The number of carbonyl (C=O) groups excluding carboxylic acids is 1. The van der Waals surface area contributed by atoms with Crippen molar-refractivity contribution in [1.29, 1.82) is 0 Å². The number of hydrogen-bond donors (Lipinski definition) is 0. The first-order chi connectivity index (χ1) is 18.5. The molecule has 0 radical (unpaired) electrons. The Balaban J connectivity index is 1.61. The van der Waals surface area contributed by atoms with Crippen LogP contribution < -0.4 is 19.6 Å². The van der Waals surface area contributed by atoms with Crippen molar-refractivity contribution in [2.75, 3.05) is 6.61 Å². The van der Waals surface area contributed by atoms with Crippen molar-refractivity contribution in [3.63, 3.8) is 0 Å². The van der Waals surface area contributed by atoms with Crippen LogP contribution >= 0.6 is 27.3 Å². The molecule has 2 heterocycles. The molecule has 1 aromatic heterocycles. The molecular weight excluding hydrogens is 564 g/mol. The van der Waals surface area contributed by atoms with Crippen molar-refractivity contribution >= 4 is 39.3 Å². The first-order valence-electron chi connectivity index (χ1n) is 12.2. The van der Waals surface area contributed by atoms with Crippen LogP contribution in [-0.2, 0) is 16.1 Å². The molecule has 6 nitrogen and oxygen atoms in total. The van der Waals surface area contributed by atoms with Gasteiger partial charge < -0.3 is 9.47 Å². The van der Waals surface area contributed by atoms with Crippen LogP contribution in [0.1, 0.15) is 36.6 Å². The molecule has 1 aliphatic rings. The van der Waals surface area contributed by atoms with Gasteiger partial charge in [-0.3, -0.25) is 9.36 Å². The van der Waals surface area contributed by atoms with Gasteiger partial charge in [-0.25, -0.2) is 9.79 Å². The molecule has 0 amide bonds. The highest BCUT2D eigenvalue weighted by molar-refractivity contribution is 9.10. The number of esters is 1. The summed E-state index contributed by atoms with van der Waals surface area (Å²) in [5, 5.41) is 0. The molecule has 4 aromatic rings. The summed E-state index contributed by atoms with van der Waals surface area (Å²) in [5.41, 5.74) is 3.31. The first-order valence-corrected chi connectivity index (χ1v) is 13.8. The van der Waals surface area contributed by atoms with Crippen LogP contribution in [0.5, 0.6) is 5.75 Å². The fourth-order valence-electron chi connectivity index (χ4n) is 4.36. The van der Waals surface area contributed by atoms with Crippen molar-refractivity contribution in [2.45, 2.75) is 26.5 Å². The zero-order chi connectivity index (χ0) is 26.6. The number of aromatic nitrogens is 1. The van der Waals surface area contributed by atoms with Gasteiger partial charge in [-0.1, -0.05) is 87.9 Å². The highest BCUT2D eigenvalue weighted by Gasteiger charge is 2.33. The quantitative estimate of drug-likeness (QED) is 0.280. The predicted octanol–water partition coefficient (Wildman–Crippen LogP) is 5.14. The Bertz CT molecular complexity index is 1690. The summed E-state index contributed by atoms with van der Waals surface area (Å²) in [4.78, 5) is 32.1. The fourth-order valence-corrected chi connectivity index (χ4v) is 5.66. The summed E-state index contributed by atoms with van der Waals surface area (Å²) in [7, 11) is 0. The minimum absolute atomic E-state index is 0.228. The fraction of sp³-hybridized carbons (Fsp3) is 0.167. The molecule has 0 aliphatic carbocycles. The maximum absolute atomic E-state index is 13.8. The summed E-state index contributed by atoms with van der Waals surface area (Å²) in [5.74, 6) is 0.200. The molecule has 0 fully saturated rings. The number of hydrogen-bond acceptors (Lipinski definition) is 6. The van der Waals surface area contributed by atoms with Gasteiger partial charge in [0.2, 0.25) is 0 Å². The van der Waals surface area contributed by atoms with E-state index in [0.717, 1.165) is 21.2 Å². The largest absolute Gasteiger partial charge is 0.488 e. The number of fused-ring (bicyclic) bond motifs is 1. The van der Waals surface area contributed by atoms with Gasteiger partial charge in [-0.2, -0.15) is 0 Å². The van der Waals surface area contributed by atoms with E-state index in [1.165, 1.54) is 11.3 Å². The Hall–Kier alpha value is -3.75. The van der Waals surface area contributed by atoms with Gasteiger partial charge in [-0.05, 0) is 49.2 Å². The van der Waals surface area contributed by atoms with Gasteiger partial charge in [0.25, 0.3) is 5.56 Å². The normalized spacial score (nSPS) is 15.1. The Kier molecular flexibility index (Phi) is 7.72. The van der Waals surface area contributed by atoms with Crippen molar-refractivity contribution in [3.05, 3.63) is 131 Å². The molecule has 3 aromatic carbocycles. The van der Waals surface area contributed by atoms with E-state index in [4.69, 9.17) is 9.47 Å². The van der Waals surface area contributed by atoms with Crippen LogP contribution in [0.15, 0.2) is 104 Å². The lowest BCUT2D eigenvalue weighted by Crippen LogP contribution is -2.39. The number of carbonyl (C=O) groups is 1. The minimum Gasteiger partial charge on any atom is -0.488 e. The Morgan fingerprint density at radius 3 is 2.50 bits per heavy atom. The van der Waals surface area contributed by atoms with E-state index in [-0.39, 0.29) is 12.2 Å². The van der Waals surface area contributed by atoms with E-state index < -0.39 is 12.0 Å². The maximum Gasteiger partial charge on any atom is 0.338 e. The van der Waals surface area contributed by atoms with E-state index in [1.54, 1.807) is 18.4 Å². The van der Waals surface area contributed by atoms with Crippen LogP contribution in [0.25, 0.3) is 6.08 Å². The second-order valence-corrected chi connectivity index (χ2v) is 10.6. The lowest BCUT2D eigenvalue weighted by molar-refractivity contribution is -0.139. The minimum atomic E-state index is -0.648. The molecule has 8 heteroatoms. The van der Waals surface area contributed by atoms with Crippen molar-refractivity contribution in [2.24, 2.45) is 4.99 Å². The summed E-state index contributed by atoms with van der Waals surface area (Å²) in [6.45, 7) is 4.18. The molecule has 0 bridgehead atoms. The summed E-state index contributed by atoms with van der Waals surface area (Å²) < 4.78 is 14.5. The maximum atomic E-state index is 13.8. The van der Waals surface area contributed by atoms with Crippen LogP contribution in [0.3, 0.4) is 0 Å². The van der Waals surface area contributed by atoms with Crippen LogP contribution in [0.4, 0.5) is 0 Å². The van der Waals surface area contributed by atoms with Crippen molar-refractivity contribution < 1.29 is 14.3 Å². The molecule has 0 spiro atoms. The molecule has 5 rings (SSSR count). The number of allylic oxidation sites excluding steroid dienone is 1. The van der Waals surface area contributed by atoms with Gasteiger partial charge in [0, 0.05) is 10.0 Å². The highest BCUT2D eigenvalue weighted by Crippen LogP contribution is 2.31. The Labute approximate surface area is 232 Å². The molecule has 38 heavy (non-hydrogen) atoms. The van der Waals surface area contributed by atoms with Gasteiger partial charge in [0.1, 0.15) is 12.4 Å². The molecule has 0 saturated heterocycles. The van der Waals surface area contributed by atoms with Gasteiger partial charge in [-0.15, -0.1) is 0 Å². The number of ether oxygens (including phenoxy) is 2. The van der Waals surface area contributed by atoms with Gasteiger partial charge in [0.05, 0.1) is 28.5 Å². The Morgan fingerprint density at radius 2 is 1.76 bits per heavy atom. The van der Waals surface area contributed by atoms with E-state index in [9.17, 15) is 9.59 Å². The van der Waals surface area contributed by atoms with Gasteiger partial charge >= 0.3 is 5.97 Å². The van der Waals surface area contributed by atoms with Crippen LogP contribution in [-0.4, -0.2) is 17.1 Å². The lowest BCUT2D eigenvalue weighted by atomic mass is 9.96. The topological polar surface area (TPSA) is 69.9 Å². The standard InChI is InChI=1S/C30H25BrN2O4S/c1-3-36-29(35)26-19(2)32-30-33(27(26)21-13-15-23(31)16-14-21)28(34)25(38-30)17-22-11-7-8-12-24(22)37-18-20-9-5-4-6-10-20/h4-17,27H,3,18H2,1-2H3/t27-/m0/s1. The zero-order valence-electron chi connectivity index (χ0n) is 20.9. The van der Waals surface area contributed by atoms with Gasteiger partial charge in [0.15, 0.2) is 4.80 Å². The summed E-state index contributed by atoms with van der Waals surface area (Å²) >= 11 is 4.76. The summed E-state index contributed by atoms with van der Waals surface area (Å²) in [6.07, 6.45) is 1.83. The van der Waals surface area contributed by atoms with E-state index in [1.807, 2.05) is 84.9 Å². The monoisotopic (exact) mass is 588 g/mol. The third-order valence-corrected chi connectivity index (χ3v) is 7.66. The second-order valence-electron chi connectivity index (χ2n) is 8.67.